The summed E-state index contributed by atoms with van der Waals surface area (Å²) in [5, 5.41) is 39.3. The molecule has 105 heavy (non-hydrogen) atoms. The minimum Gasteiger partial charge on any atom is -0.507 e. The Hall–Kier alpha value is -7.82. The van der Waals surface area contributed by atoms with E-state index in [0.29, 0.717) is 40.6 Å². The Morgan fingerprint density at radius 1 is 0.476 bits per heavy atom. The van der Waals surface area contributed by atoms with Crippen LogP contribution in [0.1, 0.15) is 138 Å². The van der Waals surface area contributed by atoms with Crippen LogP contribution in [0, 0.1) is 11.3 Å². The highest BCUT2D eigenvalue weighted by Gasteiger charge is 2.34. The number of nitriles is 1. The summed E-state index contributed by atoms with van der Waals surface area (Å²) in [5.74, 6) is -14.1. The lowest BCUT2D eigenvalue weighted by atomic mass is 10.1. The molecule has 1 aromatic heterocycles. The Bertz CT molecular complexity index is 4070. The number of carbonyl (C=O) groups is 6. The fourth-order valence-electron chi connectivity index (χ4n) is 7.49. The number of primary amides is 1. The van der Waals surface area contributed by atoms with E-state index in [0.717, 1.165) is 36.6 Å². The lowest BCUT2D eigenvalue weighted by molar-refractivity contribution is -0.149. The fraction of sp³-hybridized carbons (Fsp3) is 0.362. The number of nitrogens with two attached hydrogens (primary N) is 1. The van der Waals surface area contributed by atoms with Crippen LogP contribution >= 0.6 is 95.6 Å². The molecule has 0 spiro atoms. The van der Waals surface area contributed by atoms with Crippen LogP contribution in [0.15, 0.2) is 136 Å². The number of aliphatic hydroxyl groups is 1. The van der Waals surface area contributed by atoms with Crippen LogP contribution in [0.3, 0.4) is 0 Å². The predicted molar refractivity (Wildman–Crippen MR) is 391 cm³/mol. The molecule has 0 saturated carbocycles. The third-order valence-electron chi connectivity index (χ3n) is 12.8. The zero-order valence-corrected chi connectivity index (χ0v) is 68.1. The Morgan fingerprint density at radius 3 is 1.07 bits per heavy atom. The molecule has 0 bridgehead atoms. The zero-order valence-electron chi connectivity index (χ0n) is 58.6. The van der Waals surface area contributed by atoms with Crippen molar-refractivity contribution in [2.24, 2.45) is 5.73 Å². The van der Waals surface area contributed by atoms with Gasteiger partial charge in [-0.1, -0.05) is 101 Å². The molecular weight excluding hydrogens is 1800 g/mol. The summed E-state index contributed by atoms with van der Waals surface area (Å²) in [4.78, 5) is 65.6. The minimum atomic E-state index is -3.06. The maximum Gasteiger partial charge on any atom is 0.346 e. The third kappa shape index (κ3) is 34.5. The Morgan fingerprint density at radius 2 is 0.781 bits per heavy atom. The number of benzene rings is 6. The maximum absolute atomic E-state index is 13.5. The van der Waals surface area contributed by atoms with E-state index in [1.54, 1.807) is 68.4 Å². The molecule has 1 amide bonds. The molecule has 6 aromatic carbocycles. The molecule has 0 unspecified atom stereocenters. The molecule has 0 aliphatic carbocycles. The highest BCUT2D eigenvalue weighted by molar-refractivity contribution is 9.11. The molecular formula is C69H74Br6F8N6O16. The van der Waals surface area contributed by atoms with Gasteiger partial charge in [-0.05, 0) is 165 Å². The minimum absolute atomic E-state index is 0.0284. The number of nitrogens with zero attached hydrogens (tertiary/aromatic N) is 4. The van der Waals surface area contributed by atoms with Crippen LogP contribution in [-0.2, 0) is 57.1 Å². The van der Waals surface area contributed by atoms with Gasteiger partial charge in [0.05, 0.1) is 54.7 Å². The van der Waals surface area contributed by atoms with Gasteiger partial charge in [0.25, 0.3) is 29.6 Å². The number of esters is 3. The van der Waals surface area contributed by atoms with Gasteiger partial charge in [0.2, 0.25) is 5.82 Å². The van der Waals surface area contributed by atoms with Gasteiger partial charge in [0.1, 0.15) is 46.7 Å². The van der Waals surface area contributed by atoms with Gasteiger partial charge in [-0.25, -0.2) is 49.5 Å². The van der Waals surface area contributed by atoms with E-state index in [4.69, 9.17) is 44.9 Å². The number of hydrogen-bond donors (Lipinski definition) is 4. The van der Waals surface area contributed by atoms with Crippen LogP contribution in [0.4, 0.5) is 35.1 Å². The monoisotopic (exact) mass is 1870 g/mol. The molecule has 5 N–H and O–H groups in total. The second-order valence-corrected chi connectivity index (χ2v) is 27.4. The topological polar surface area (TPSA) is 321 Å². The summed E-state index contributed by atoms with van der Waals surface area (Å²) in [6.07, 6.45) is -5.00. The van der Waals surface area contributed by atoms with E-state index in [2.05, 4.69) is 130 Å². The zero-order chi connectivity index (χ0) is 80.8. The Balaban J connectivity index is 0.000000622. The van der Waals surface area contributed by atoms with Crippen molar-refractivity contribution in [2.75, 3.05) is 21.3 Å². The number of aromatic amines is 1. The van der Waals surface area contributed by atoms with Gasteiger partial charge in [-0.15, -0.1) is 10.2 Å². The summed E-state index contributed by atoms with van der Waals surface area (Å²) in [5.41, 5.74) is 4.78. The van der Waals surface area contributed by atoms with E-state index in [9.17, 15) is 63.9 Å². The number of amides is 1. The molecule has 0 fully saturated rings. The van der Waals surface area contributed by atoms with Crippen LogP contribution in [0.2, 0.25) is 0 Å². The number of tetrazole rings is 1. The molecule has 0 saturated heterocycles. The maximum atomic E-state index is 13.5. The second-order valence-electron chi connectivity index (χ2n) is 21.9. The van der Waals surface area contributed by atoms with Crippen molar-refractivity contribution < 1.29 is 112 Å². The van der Waals surface area contributed by atoms with Crippen molar-refractivity contribution in [3.05, 3.63) is 175 Å². The summed E-state index contributed by atoms with van der Waals surface area (Å²) < 4.78 is 150. The molecule has 0 aliphatic heterocycles. The second kappa shape index (κ2) is 44.3. The summed E-state index contributed by atoms with van der Waals surface area (Å²) in [6.45, 7) is 14.9. The van der Waals surface area contributed by atoms with Gasteiger partial charge >= 0.3 is 17.9 Å². The van der Waals surface area contributed by atoms with Crippen molar-refractivity contribution in [1.29, 1.82) is 5.26 Å². The summed E-state index contributed by atoms with van der Waals surface area (Å²) >= 11 is 19.0. The number of ether oxygens (including phenoxy) is 8. The van der Waals surface area contributed by atoms with E-state index in [-0.39, 0.29) is 62.6 Å². The number of halogens is 14. The summed E-state index contributed by atoms with van der Waals surface area (Å²) in [7, 11) is 3.73. The number of aromatic nitrogens is 4. The number of Topliss-reactive ketones (excluding diaryl/α,β-unsaturated/α-hetero) is 2. The number of rotatable bonds is 21. The van der Waals surface area contributed by atoms with Crippen LogP contribution in [-0.4, -0.2) is 118 Å². The van der Waals surface area contributed by atoms with Gasteiger partial charge in [-0.3, -0.25) is 14.4 Å². The molecule has 7 aromatic rings. The number of alkyl halides is 8. The molecule has 22 nitrogen and oxygen atoms in total. The highest BCUT2D eigenvalue weighted by atomic mass is 79.9. The normalized spacial score (nSPS) is 12.5. The Kier molecular flexibility index (Phi) is 40.2. The number of H-pyrrole nitrogens is 1. The third-order valence-corrected chi connectivity index (χ3v) is 15.7. The number of phenolic OH excluding ortho intramolecular Hbond substituents is 1. The van der Waals surface area contributed by atoms with E-state index >= 15 is 0 Å². The number of aliphatic hydroxyl groups excluding tert-OH is 1. The van der Waals surface area contributed by atoms with Crippen molar-refractivity contribution in [1.82, 2.24) is 20.6 Å². The fourth-order valence-corrected chi connectivity index (χ4v) is 9.66. The van der Waals surface area contributed by atoms with Crippen LogP contribution < -0.4 is 29.4 Å². The van der Waals surface area contributed by atoms with Crippen LogP contribution in [0.25, 0.3) is 0 Å². The largest absolute Gasteiger partial charge is 0.507 e. The van der Waals surface area contributed by atoms with E-state index in [1.165, 1.54) is 117 Å². The average Bonchev–Trinajstić information content (AvgIpc) is 1.01. The molecule has 36 heteroatoms. The molecule has 7 rings (SSSR count). The summed E-state index contributed by atoms with van der Waals surface area (Å²) in [6, 6.07) is 28.8. The average molecular weight is 1870 g/mol. The number of nitrogens with one attached hydrogen (secondary N) is 1. The van der Waals surface area contributed by atoms with Crippen LogP contribution in [0.5, 0.6) is 34.5 Å². The quantitative estimate of drug-likeness (QED) is 0.0225. The molecule has 1 heterocycles. The molecule has 0 radical (unpaired) electrons. The number of phenols is 1. The van der Waals surface area contributed by atoms with Gasteiger partial charge < -0.3 is 53.8 Å². The lowest BCUT2D eigenvalue weighted by Gasteiger charge is -2.19. The molecule has 574 valence electrons. The van der Waals surface area contributed by atoms with Gasteiger partial charge in [0, 0.05) is 54.5 Å². The lowest BCUT2D eigenvalue weighted by Crippen LogP contribution is -2.31. The highest BCUT2D eigenvalue weighted by Crippen LogP contribution is 2.41. The number of methoxy groups -OCH3 is 3. The van der Waals surface area contributed by atoms with E-state index in [1.807, 2.05) is 6.07 Å². The van der Waals surface area contributed by atoms with Crippen molar-refractivity contribution in [2.45, 2.75) is 143 Å². The number of aromatic hydroxyl groups is 1. The number of carbonyl (C=O) groups excluding carboxylic acids is 6. The van der Waals surface area contributed by atoms with Gasteiger partial charge in [-0.2, -0.15) is 10.5 Å². The molecule has 6 atom stereocenters. The predicted octanol–water partition coefficient (Wildman–Crippen LogP) is 17.9. The number of hydrogen-bond acceptors (Lipinski definition) is 20. The van der Waals surface area contributed by atoms with Crippen molar-refractivity contribution in [3.8, 4) is 40.6 Å². The van der Waals surface area contributed by atoms with Gasteiger partial charge in [0.15, 0.2) is 42.1 Å². The molecule has 0 aliphatic rings. The number of ketones is 2. The first kappa shape index (κ1) is 95.2. The van der Waals surface area contributed by atoms with E-state index < -0.39 is 84.1 Å². The van der Waals surface area contributed by atoms with Crippen molar-refractivity contribution in [3.63, 3.8) is 0 Å². The standard InChI is InChI=1S/C12H13BrF2O3.C12H13BrO4.C11H11BrF2N4O.C11H12BrF2NO2.C11H10BrF2NO.C8H7BrO2.C4H8O3/c1-7(11(16)17-3)18-10-5-4-8(13)6-9(10)12(2,14)15;1-7(14)10-6-9(13)4-5-11(10)17-8(2)12(15)16-3;1-6(10-15-17-18-16-10)19-9-4-3-7(12)5-8(9)11(2,13)14;1-6(10(15)16)17-9-4-3-7(12)5-8(9)11(2,13)14;1-7(6-15)16-10-4-3-8(12)5-9(10)11(2,13)14;1-5(10)7-4-6(9)2-3-8(7)11;1-3(5)4(6)7-2/h4-7H,1-3H3;4-6,8H,1-3H3;3-6H,1-2H3,(H,15,16,17,18);3-6H,1-2H3,(H2,15,16);3-5,7H,1-2H3;2-4,11H,1H3;3,5H,1-2H3/t7-;8-;2*6-;7-;;3-/m00000.1/s1. The van der Waals surface area contributed by atoms with Crippen molar-refractivity contribution >= 4 is 131 Å². The first-order valence-electron chi connectivity index (χ1n) is 30.1. The first-order valence-corrected chi connectivity index (χ1v) is 34.9. The first-order chi connectivity index (χ1) is 48.4. The Labute approximate surface area is 650 Å². The smallest absolute Gasteiger partial charge is 0.346 e. The SMILES string of the molecule is CC(=O)c1cc(Br)ccc1O.COC(=O)[C@@H](C)O.COC(=O)[C@H](C)Oc1ccc(Br)cc1C(C)(F)F.COC(=O)[C@H](C)Oc1ccc(Br)cc1C(C)=O.C[C@@H](C#N)Oc1ccc(Br)cc1C(C)(F)F.C[C@H](Oc1ccc(Br)cc1C(C)(F)F)C(N)=O.C[C@H](Oc1ccc(Br)cc1C(C)(F)F)c1nn[nH]n1.